The summed E-state index contributed by atoms with van der Waals surface area (Å²) in [7, 11) is 4.35. The number of ether oxygens (including phenoxy) is 3. The van der Waals surface area contributed by atoms with Gasteiger partial charge in [-0.3, -0.25) is 29.5 Å². The largest absolute Gasteiger partial charge is 0.502 e. The number of hydrogen-bond acceptors (Lipinski definition) is 9. The molecule has 4 amide bonds. The van der Waals surface area contributed by atoms with Crippen LogP contribution in [0.4, 0.5) is 11.4 Å². The third kappa shape index (κ3) is 5.66. The molecule has 2 saturated heterocycles. The minimum Gasteiger partial charge on any atom is -0.502 e. The number of phenols is 1. The molecule has 8 rings (SSSR count). The monoisotopic (exact) mass is 893 g/mol. The van der Waals surface area contributed by atoms with Gasteiger partial charge in [0, 0.05) is 14.5 Å². The van der Waals surface area contributed by atoms with E-state index >= 15 is 9.59 Å². The van der Waals surface area contributed by atoms with Crippen LogP contribution in [-0.2, 0) is 24.6 Å². The van der Waals surface area contributed by atoms with Gasteiger partial charge in [0.25, 0.3) is 11.8 Å². The van der Waals surface area contributed by atoms with Gasteiger partial charge in [0.1, 0.15) is 5.75 Å². The van der Waals surface area contributed by atoms with Gasteiger partial charge < -0.3 is 19.3 Å². The maximum absolute atomic E-state index is 15.5. The molecule has 0 spiro atoms. The number of halogens is 3. The zero-order valence-corrected chi connectivity index (χ0v) is 33.4. The fourth-order valence-electron chi connectivity index (χ4n) is 9.14. The normalized spacial score (nSPS) is 25.6. The van der Waals surface area contributed by atoms with Crippen molar-refractivity contribution in [1.29, 1.82) is 0 Å². The number of allylic oxidation sites excluding steroid dienone is 2. The number of methoxy groups -OCH3 is 3. The fraction of sp³-hybridized carbons (Fsp3) is 0.268. The Hall–Kier alpha value is -4.79. The van der Waals surface area contributed by atoms with Crippen molar-refractivity contribution in [2.24, 2.45) is 23.7 Å². The zero-order valence-electron chi connectivity index (χ0n) is 29.7. The van der Waals surface area contributed by atoms with Crippen molar-refractivity contribution in [3.05, 3.63) is 115 Å². The second-order valence-electron chi connectivity index (χ2n) is 14.0. The van der Waals surface area contributed by atoms with Gasteiger partial charge in [0.15, 0.2) is 11.5 Å². The molecule has 4 aromatic carbocycles. The number of aromatic hydroxyl groups is 1. The van der Waals surface area contributed by atoms with Crippen molar-refractivity contribution in [3.63, 3.8) is 0 Å². The number of anilines is 2. The van der Waals surface area contributed by atoms with Gasteiger partial charge in [-0.1, -0.05) is 47.0 Å². The number of benzene rings is 4. The summed E-state index contributed by atoms with van der Waals surface area (Å²) in [5.41, 5.74) is 3.88. The molecule has 14 heteroatoms. The number of carbonyl (C=O) groups is 4. The van der Waals surface area contributed by atoms with Crippen molar-refractivity contribution in [3.8, 4) is 23.0 Å². The Morgan fingerprint density at radius 2 is 1.49 bits per heavy atom. The first-order valence-corrected chi connectivity index (χ1v) is 19.3. The van der Waals surface area contributed by atoms with Gasteiger partial charge in [-0.2, -0.15) is 5.01 Å². The number of phenolic OH excluding ortho intramolecular Hbond substituents is 1. The Labute approximate surface area is 340 Å². The van der Waals surface area contributed by atoms with E-state index in [1.165, 1.54) is 32.3 Å². The molecule has 2 heterocycles. The lowest BCUT2D eigenvalue weighted by molar-refractivity contribution is -0.138. The minimum absolute atomic E-state index is 0.0819. The molecular formula is C41H34Cl2IN3O8. The van der Waals surface area contributed by atoms with E-state index in [1.54, 1.807) is 60.7 Å². The first kappa shape index (κ1) is 37.1. The van der Waals surface area contributed by atoms with Crippen LogP contribution in [0.5, 0.6) is 23.0 Å². The van der Waals surface area contributed by atoms with Gasteiger partial charge in [-0.05, 0) is 119 Å². The van der Waals surface area contributed by atoms with E-state index in [0.29, 0.717) is 27.6 Å². The van der Waals surface area contributed by atoms with Crippen LogP contribution in [0.15, 0.2) is 90.5 Å². The Morgan fingerprint density at radius 1 is 0.818 bits per heavy atom. The summed E-state index contributed by atoms with van der Waals surface area (Å²) in [6.07, 6.45) is 2.27. The van der Waals surface area contributed by atoms with E-state index in [0.717, 1.165) is 14.2 Å². The summed E-state index contributed by atoms with van der Waals surface area (Å²) >= 11 is 14.9. The van der Waals surface area contributed by atoms with E-state index < -0.39 is 46.8 Å². The van der Waals surface area contributed by atoms with Crippen LogP contribution in [0.3, 0.4) is 0 Å². The molecule has 1 saturated carbocycles. The van der Waals surface area contributed by atoms with E-state index in [2.05, 4.69) is 28.0 Å². The molecule has 2 aliphatic heterocycles. The second-order valence-corrected chi connectivity index (χ2v) is 16.1. The number of carbonyl (C=O) groups excluding carboxylic acids is 4. The van der Waals surface area contributed by atoms with Crippen molar-refractivity contribution in [1.82, 2.24) is 5.01 Å². The molecule has 6 unspecified atom stereocenters. The molecule has 0 aromatic heterocycles. The summed E-state index contributed by atoms with van der Waals surface area (Å²) in [6, 6.07) is 22.1. The van der Waals surface area contributed by atoms with E-state index in [4.69, 9.17) is 37.4 Å². The van der Waals surface area contributed by atoms with Crippen molar-refractivity contribution >= 4 is 80.8 Å². The Balaban J connectivity index is 1.36. The predicted octanol–water partition coefficient (Wildman–Crippen LogP) is 7.52. The van der Waals surface area contributed by atoms with Gasteiger partial charge in [-0.25, -0.2) is 0 Å². The first-order chi connectivity index (χ1) is 26.4. The molecule has 55 heavy (non-hydrogen) atoms. The SMILES string of the molecule is COc1ccc(C23C(=O)N(Nc4ccc(Cl)cc4Cl)C(=O)C2CC2C(=CCC4C(=O)N(c5ccc(I)cc5)C(=O)C42)C3c2cc(OC)c(O)c(OC)c2)cc1. The van der Waals surface area contributed by atoms with E-state index in [-0.39, 0.29) is 52.6 Å². The Kier molecular flexibility index (Phi) is 9.49. The van der Waals surface area contributed by atoms with Crippen LogP contribution in [0.25, 0.3) is 0 Å². The highest BCUT2D eigenvalue weighted by atomic mass is 127. The topological polar surface area (TPSA) is 135 Å². The number of rotatable bonds is 8. The molecule has 282 valence electrons. The van der Waals surface area contributed by atoms with Gasteiger partial charge in [0.05, 0.1) is 60.9 Å². The summed E-state index contributed by atoms with van der Waals surface area (Å²) in [5.74, 6) is -5.35. The molecule has 6 atom stereocenters. The molecule has 0 bridgehead atoms. The van der Waals surface area contributed by atoms with Crippen LogP contribution in [0.2, 0.25) is 10.0 Å². The average molecular weight is 895 g/mol. The predicted molar refractivity (Wildman–Crippen MR) is 213 cm³/mol. The Morgan fingerprint density at radius 3 is 2.11 bits per heavy atom. The standard InChI is InChI=1S/C41H34Cl2IN3O8/c1-53-25-11-4-21(5-12-25)41-29(38(50)47(40(41)52)45-31-15-6-22(42)18-30(31)43)19-28-26(35(41)20-16-32(54-2)36(48)33(17-20)55-3)13-14-27-34(28)39(51)46(37(27)49)24-9-7-23(44)8-10-24/h4-13,15-18,27-29,34-35,45,48H,14,19H2,1-3H3. The van der Waals surface area contributed by atoms with Gasteiger partial charge in [0.2, 0.25) is 17.6 Å². The number of hydrogen-bond donors (Lipinski definition) is 2. The number of nitrogens with zero attached hydrogens (tertiary/aromatic N) is 2. The van der Waals surface area contributed by atoms with E-state index in [9.17, 15) is 14.7 Å². The van der Waals surface area contributed by atoms with Crippen LogP contribution in [0, 0.1) is 27.2 Å². The van der Waals surface area contributed by atoms with Crippen LogP contribution < -0.4 is 24.5 Å². The summed E-state index contributed by atoms with van der Waals surface area (Å²) in [5, 5.41) is 12.6. The molecule has 0 radical (unpaired) electrons. The van der Waals surface area contributed by atoms with Gasteiger partial charge in [-0.15, -0.1) is 0 Å². The molecule has 4 aliphatic rings. The van der Waals surface area contributed by atoms with Gasteiger partial charge >= 0.3 is 0 Å². The number of hydrazine groups is 1. The highest BCUT2D eigenvalue weighted by Crippen LogP contribution is 2.65. The lowest BCUT2D eigenvalue weighted by atomic mass is 9.49. The summed E-state index contributed by atoms with van der Waals surface area (Å²) < 4.78 is 17.6. The molecular weight excluding hydrogens is 860 g/mol. The van der Waals surface area contributed by atoms with Crippen molar-refractivity contribution in [2.45, 2.75) is 24.2 Å². The fourth-order valence-corrected chi connectivity index (χ4v) is 9.95. The summed E-state index contributed by atoms with van der Waals surface area (Å²) in [6.45, 7) is 0. The Bertz CT molecular complexity index is 2280. The molecule has 2 N–H and O–H groups in total. The first-order valence-electron chi connectivity index (χ1n) is 17.5. The second kappa shape index (κ2) is 14.1. The smallest absolute Gasteiger partial charge is 0.260 e. The molecule has 2 aliphatic carbocycles. The quantitative estimate of drug-likeness (QED) is 0.105. The maximum Gasteiger partial charge on any atom is 0.260 e. The third-order valence-corrected chi connectivity index (χ3v) is 12.8. The number of imide groups is 2. The van der Waals surface area contributed by atoms with Crippen molar-refractivity contribution in [2.75, 3.05) is 31.7 Å². The molecule has 11 nitrogen and oxygen atoms in total. The average Bonchev–Trinajstić information content (AvgIpc) is 3.57. The highest BCUT2D eigenvalue weighted by molar-refractivity contribution is 14.1. The maximum atomic E-state index is 15.5. The van der Waals surface area contributed by atoms with Crippen LogP contribution >= 0.6 is 45.8 Å². The van der Waals surface area contributed by atoms with Crippen molar-refractivity contribution < 1.29 is 38.5 Å². The highest BCUT2D eigenvalue weighted by Gasteiger charge is 2.70. The minimum atomic E-state index is -1.61. The number of amides is 4. The lowest BCUT2D eigenvalue weighted by Crippen LogP contribution is -2.53. The summed E-state index contributed by atoms with van der Waals surface area (Å²) in [4.78, 5) is 60.5. The third-order valence-electron chi connectivity index (χ3n) is 11.5. The molecule has 4 aromatic rings. The number of nitrogens with one attached hydrogen (secondary N) is 1. The van der Waals surface area contributed by atoms with Crippen LogP contribution in [-0.4, -0.2) is 55.1 Å². The molecule has 3 fully saturated rings. The van der Waals surface area contributed by atoms with Crippen LogP contribution in [0.1, 0.15) is 29.9 Å². The lowest BCUT2D eigenvalue weighted by Gasteiger charge is -2.50. The number of fused-ring (bicyclic) bond motifs is 4. The van der Waals surface area contributed by atoms with E-state index in [1.807, 2.05) is 18.2 Å². The zero-order chi connectivity index (χ0) is 38.9.